The Kier molecular flexibility index (Phi) is 14.8. The maximum Gasteiger partial charge on any atom is 0.164 e. The molecule has 6 heterocycles. The van der Waals surface area contributed by atoms with E-state index in [9.17, 15) is 0 Å². The largest absolute Gasteiger partial charge is 0.309 e. The second-order valence-corrected chi connectivity index (χ2v) is 28.3. The van der Waals surface area contributed by atoms with Crippen LogP contribution in [0.2, 0.25) is 0 Å². The van der Waals surface area contributed by atoms with Gasteiger partial charge in [-0.3, -0.25) is 0 Å². The van der Waals surface area contributed by atoms with Crippen LogP contribution in [-0.4, -0.2) is 39.0 Å². The first-order valence-corrected chi connectivity index (χ1v) is 36.4. The van der Waals surface area contributed by atoms with Gasteiger partial charge < -0.3 is 9.13 Å². The van der Waals surface area contributed by atoms with Crippen LogP contribution in [0.4, 0.5) is 0 Å². The van der Waals surface area contributed by atoms with Gasteiger partial charge in [0.15, 0.2) is 34.9 Å². The standard InChI is InChI=1S/C49H30N4S.C45H28N4S/c1-3-12-32(13-4-1)47-50-48(33-14-5-2-6-15-33)52-49(51-47)34-19-24-37(25-20-34)53-42-26-22-35(30-41(42)46-38-16-8-7-11-31(38)21-27-43(46)53)36-23-28-45-40(29-36)39-17-9-10-18-44(39)54-45;1-3-11-29(12-4-1)43-46-44(30-13-5-2-6-14-30)48-45(47-43)31-19-23-34(24-20-31)49-39-17-9-7-15-35(39)37-27-32(21-25-40(37)49)33-22-26-42-38(28-33)36-16-8-10-18-41(36)50-42/h1-30H;1-28H. The number of aromatic nitrogens is 8. The minimum Gasteiger partial charge on any atom is -0.309 e. The van der Waals surface area contributed by atoms with Crippen LogP contribution in [0.25, 0.3) is 197 Å². The molecule has 0 saturated heterocycles. The summed E-state index contributed by atoms with van der Waals surface area (Å²) < 4.78 is 10.0. The van der Waals surface area contributed by atoms with Crippen molar-refractivity contribution >= 4 is 117 Å². The van der Waals surface area contributed by atoms with Gasteiger partial charge in [0.05, 0.1) is 22.1 Å². The van der Waals surface area contributed by atoms with Crippen molar-refractivity contribution in [1.29, 1.82) is 0 Å². The lowest BCUT2D eigenvalue weighted by molar-refractivity contribution is 1.07. The lowest BCUT2D eigenvalue weighted by Gasteiger charge is -2.11. The van der Waals surface area contributed by atoms with Gasteiger partial charge in [-0.2, -0.15) is 0 Å². The molecule has 0 saturated carbocycles. The fourth-order valence-electron chi connectivity index (χ4n) is 14.9. The molecule has 0 amide bonds. The Labute approximate surface area is 606 Å². The van der Waals surface area contributed by atoms with Gasteiger partial charge in [0.2, 0.25) is 0 Å². The lowest BCUT2D eigenvalue weighted by Crippen LogP contribution is -2.00. The first kappa shape index (κ1) is 60.6. The minimum absolute atomic E-state index is 0.641. The number of benzene rings is 15. The zero-order chi connectivity index (χ0) is 68.6. The van der Waals surface area contributed by atoms with Crippen molar-refractivity contribution in [2.75, 3.05) is 0 Å². The van der Waals surface area contributed by atoms with E-state index in [0.29, 0.717) is 34.9 Å². The number of nitrogens with zero attached hydrogens (tertiary/aromatic N) is 8. The Bertz CT molecular complexity index is 6770. The smallest absolute Gasteiger partial charge is 0.164 e. The van der Waals surface area contributed by atoms with Crippen LogP contribution < -0.4 is 0 Å². The predicted octanol–water partition coefficient (Wildman–Crippen LogP) is 25.2. The topological polar surface area (TPSA) is 87.2 Å². The molecule has 104 heavy (non-hydrogen) atoms. The maximum absolute atomic E-state index is 4.97. The molecule has 21 rings (SSSR count). The monoisotopic (exact) mass is 1360 g/mol. The van der Waals surface area contributed by atoms with Crippen LogP contribution in [0.15, 0.2) is 352 Å². The van der Waals surface area contributed by atoms with Crippen molar-refractivity contribution in [3.05, 3.63) is 352 Å². The average molecular weight is 1360 g/mol. The van der Waals surface area contributed by atoms with Gasteiger partial charge in [-0.15, -0.1) is 22.7 Å². The quantitative estimate of drug-likeness (QED) is 0.136. The predicted molar refractivity (Wildman–Crippen MR) is 435 cm³/mol. The molecule has 0 aliphatic heterocycles. The zero-order valence-corrected chi connectivity index (χ0v) is 57.5. The normalized spacial score (nSPS) is 11.7. The van der Waals surface area contributed by atoms with E-state index in [-0.39, 0.29) is 0 Å². The molecule has 486 valence electrons. The minimum atomic E-state index is 0.641. The summed E-state index contributed by atoms with van der Waals surface area (Å²) in [6.07, 6.45) is 0. The van der Waals surface area contributed by atoms with Crippen LogP contribution in [0.3, 0.4) is 0 Å². The second-order valence-electron chi connectivity index (χ2n) is 26.1. The molecule has 0 radical (unpaired) electrons. The fourth-order valence-corrected chi connectivity index (χ4v) is 17.1. The highest BCUT2D eigenvalue weighted by atomic mass is 32.1. The first-order valence-electron chi connectivity index (χ1n) is 34.8. The second kappa shape index (κ2) is 25.4. The SMILES string of the molecule is c1ccc(-c2nc(-c3ccccc3)nc(-c3ccc(-n4c5ccc(-c6ccc7sc8ccccc8c7c6)cc5c5c6ccccc6ccc54)cc3)n2)cc1.c1ccc(-c2nc(-c3ccccc3)nc(-c3ccc(-n4c5ccccc5c5cc(-c6ccc7sc8ccccc8c7c6)ccc54)cc3)n2)cc1. The molecule has 10 heteroatoms. The Morgan fingerprint density at radius 3 is 0.933 bits per heavy atom. The van der Waals surface area contributed by atoms with Gasteiger partial charge in [0.25, 0.3) is 0 Å². The van der Waals surface area contributed by atoms with Crippen molar-refractivity contribution in [2.24, 2.45) is 0 Å². The summed E-state index contributed by atoms with van der Waals surface area (Å²) in [7, 11) is 0. The van der Waals surface area contributed by atoms with E-state index in [2.05, 4.69) is 240 Å². The van der Waals surface area contributed by atoms with Crippen molar-refractivity contribution in [1.82, 2.24) is 39.0 Å². The summed E-state index contributed by atoms with van der Waals surface area (Å²) in [6.45, 7) is 0. The molecule has 0 aliphatic rings. The van der Waals surface area contributed by atoms with Crippen LogP contribution in [0.1, 0.15) is 0 Å². The highest BCUT2D eigenvalue weighted by molar-refractivity contribution is 7.26. The van der Waals surface area contributed by atoms with E-state index in [1.165, 1.54) is 111 Å². The zero-order valence-electron chi connectivity index (χ0n) is 55.9. The molecule has 6 aromatic heterocycles. The molecule has 0 bridgehead atoms. The Hall–Kier alpha value is -13.4. The summed E-state index contributed by atoms with van der Waals surface area (Å²) in [5, 5.41) is 12.7. The van der Waals surface area contributed by atoms with Crippen molar-refractivity contribution in [3.63, 3.8) is 0 Å². The fraction of sp³-hybridized carbons (Fsp3) is 0. The van der Waals surface area contributed by atoms with Crippen LogP contribution in [0, 0.1) is 0 Å². The van der Waals surface area contributed by atoms with Crippen LogP contribution in [-0.2, 0) is 0 Å². The summed E-state index contributed by atoms with van der Waals surface area (Å²) >= 11 is 3.71. The van der Waals surface area contributed by atoms with Gasteiger partial charge in [0.1, 0.15) is 0 Å². The number of hydrogen-bond acceptors (Lipinski definition) is 8. The van der Waals surface area contributed by atoms with E-state index in [4.69, 9.17) is 29.9 Å². The Balaban J connectivity index is 0.000000139. The van der Waals surface area contributed by atoms with E-state index in [0.717, 1.165) is 50.3 Å². The summed E-state index contributed by atoms with van der Waals surface area (Å²) in [5.74, 6) is 3.90. The van der Waals surface area contributed by atoms with Crippen molar-refractivity contribution in [3.8, 4) is 102 Å². The maximum atomic E-state index is 4.97. The van der Waals surface area contributed by atoms with E-state index < -0.39 is 0 Å². The molecular formula is C94H58N8S2. The van der Waals surface area contributed by atoms with Crippen molar-refractivity contribution < 1.29 is 0 Å². The Morgan fingerprint density at radius 2 is 0.481 bits per heavy atom. The van der Waals surface area contributed by atoms with Crippen molar-refractivity contribution in [2.45, 2.75) is 0 Å². The summed E-state index contributed by atoms with van der Waals surface area (Å²) in [4.78, 5) is 29.5. The van der Waals surface area contributed by atoms with Gasteiger partial charge in [-0.1, -0.05) is 231 Å². The molecule has 0 fully saturated rings. The lowest BCUT2D eigenvalue weighted by atomic mass is 9.99. The highest BCUT2D eigenvalue weighted by Crippen LogP contribution is 2.44. The van der Waals surface area contributed by atoms with E-state index >= 15 is 0 Å². The third-order valence-corrected chi connectivity index (χ3v) is 22.2. The molecule has 0 spiro atoms. The molecule has 0 atom stereocenters. The third kappa shape index (κ3) is 10.7. The van der Waals surface area contributed by atoms with Gasteiger partial charge in [0, 0.05) is 107 Å². The highest BCUT2D eigenvalue weighted by Gasteiger charge is 2.21. The molecule has 15 aromatic carbocycles. The van der Waals surface area contributed by atoms with Gasteiger partial charge in [-0.05, 0) is 154 Å². The number of para-hydroxylation sites is 1. The first-order chi connectivity index (χ1) is 51.5. The van der Waals surface area contributed by atoms with Gasteiger partial charge in [-0.25, -0.2) is 29.9 Å². The molecule has 8 nitrogen and oxygen atoms in total. The summed E-state index contributed by atoms with van der Waals surface area (Å²) in [6, 6.07) is 124. The molecule has 0 aliphatic carbocycles. The molecule has 0 N–H and O–H groups in total. The van der Waals surface area contributed by atoms with E-state index in [1.54, 1.807) is 0 Å². The van der Waals surface area contributed by atoms with Crippen LogP contribution >= 0.6 is 22.7 Å². The molecule has 21 aromatic rings. The Morgan fingerprint density at radius 1 is 0.183 bits per heavy atom. The van der Waals surface area contributed by atoms with E-state index in [1.807, 2.05) is 144 Å². The number of fused-ring (bicyclic) bond motifs is 14. The van der Waals surface area contributed by atoms with Crippen LogP contribution in [0.5, 0.6) is 0 Å². The molecule has 0 unspecified atom stereocenters. The third-order valence-electron chi connectivity index (χ3n) is 19.9. The molecular weight excluding hydrogens is 1310 g/mol. The number of thiophene rings is 2. The van der Waals surface area contributed by atoms with Gasteiger partial charge >= 0.3 is 0 Å². The average Bonchev–Trinajstić information content (AvgIpc) is 1.57. The number of rotatable bonds is 10. The summed E-state index contributed by atoms with van der Waals surface area (Å²) in [5.41, 5.74) is 17.4. The number of hydrogen-bond donors (Lipinski definition) is 0.